The Hall–Kier alpha value is -3.47. The second-order valence-corrected chi connectivity index (χ2v) is 11.3. The zero-order valence-electron chi connectivity index (χ0n) is 21.7. The van der Waals surface area contributed by atoms with E-state index in [-0.39, 0.29) is 29.6 Å². The number of anilines is 1. The molecule has 2 fully saturated rings. The van der Waals surface area contributed by atoms with Crippen LogP contribution in [0.1, 0.15) is 62.1 Å². The topological polar surface area (TPSA) is 92.4 Å². The Morgan fingerprint density at radius 2 is 2.00 bits per heavy atom. The Morgan fingerprint density at radius 3 is 2.76 bits per heavy atom. The van der Waals surface area contributed by atoms with Crippen LogP contribution in [0.4, 0.5) is 15.0 Å². The normalized spacial score (nSPS) is 20.1. The molecule has 0 bridgehead atoms. The molecule has 2 aromatic heterocycles. The first-order valence-corrected chi connectivity index (χ1v) is 13.2. The van der Waals surface area contributed by atoms with Crippen LogP contribution in [0.2, 0.25) is 0 Å². The number of benzene rings is 1. The number of amides is 2. The lowest BCUT2D eigenvalue weighted by Crippen LogP contribution is -2.35. The lowest BCUT2D eigenvalue weighted by atomic mass is 10.0. The van der Waals surface area contributed by atoms with E-state index in [0.717, 1.165) is 24.9 Å². The molecule has 1 aromatic carbocycles. The Morgan fingerprint density at radius 1 is 1.18 bits per heavy atom. The largest absolute Gasteiger partial charge is 0.444 e. The van der Waals surface area contributed by atoms with Crippen molar-refractivity contribution in [1.29, 1.82) is 0 Å². The van der Waals surface area contributed by atoms with Crippen molar-refractivity contribution in [1.82, 2.24) is 19.5 Å². The third-order valence-corrected chi connectivity index (χ3v) is 6.94. The fraction of sp³-hybridized carbons (Fsp3) is 0.444. The molecular formula is C27H31FN6O3S. The van der Waals surface area contributed by atoms with Crippen molar-refractivity contribution < 1.29 is 18.7 Å². The van der Waals surface area contributed by atoms with Crippen molar-refractivity contribution in [3.63, 3.8) is 0 Å². The summed E-state index contributed by atoms with van der Waals surface area (Å²) in [5.74, 6) is -0.146. The lowest BCUT2D eigenvalue weighted by molar-refractivity contribution is 0.0292. The number of hydrogen-bond acceptors (Lipinski definition) is 7. The Kier molecular flexibility index (Phi) is 7.13. The number of likely N-dealkylation sites (tertiary alicyclic amines) is 1. The second kappa shape index (κ2) is 10.4. The third kappa shape index (κ3) is 5.67. The molecule has 200 valence electrons. The van der Waals surface area contributed by atoms with Gasteiger partial charge in [-0.15, -0.1) is 17.7 Å². The molecule has 0 saturated carbocycles. The average molecular weight is 539 g/mol. The monoisotopic (exact) mass is 538 g/mol. The molecule has 2 aliphatic rings. The minimum atomic E-state index is -0.559. The molecule has 1 unspecified atom stereocenters. The van der Waals surface area contributed by atoms with Crippen LogP contribution in [-0.2, 0) is 4.74 Å². The van der Waals surface area contributed by atoms with Gasteiger partial charge in [-0.05, 0) is 75.9 Å². The molecule has 2 atom stereocenters. The first kappa shape index (κ1) is 26.1. The summed E-state index contributed by atoms with van der Waals surface area (Å²) in [7, 11) is 0. The molecule has 2 amide bonds. The number of hydrogen-bond donors (Lipinski definition) is 1. The Bertz CT molecular complexity index is 1380. The number of carbonyl (C=O) groups excluding carboxylic acids is 2. The highest BCUT2D eigenvalue weighted by Gasteiger charge is 2.30. The van der Waals surface area contributed by atoms with Crippen LogP contribution in [0.3, 0.4) is 0 Å². The predicted octanol–water partition coefficient (Wildman–Crippen LogP) is 4.97. The molecule has 0 N–H and O–H groups in total. The summed E-state index contributed by atoms with van der Waals surface area (Å²) in [5, 5.41) is 4.71. The summed E-state index contributed by atoms with van der Waals surface area (Å²) < 4.78 is 21.0. The van der Waals surface area contributed by atoms with E-state index in [2.05, 4.69) is 27.5 Å². The summed E-state index contributed by atoms with van der Waals surface area (Å²) in [4.78, 5) is 38.1. The van der Waals surface area contributed by atoms with Crippen LogP contribution in [0.15, 0.2) is 46.4 Å². The van der Waals surface area contributed by atoms with E-state index in [1.54, 1.807) is 11.1 Å². The molecule has 3 aromatic rings. The lowest BCUT2D eigenvalue weighted by Gasteiger charge is -2.26. The van der Waals surface area contributed by atoms with Gasteiger partial charge in [-0.1, -0.05) is 0 Å². The van der Waals surface area contributed by atoms with Crippen LogP contribution < -0.4 is 4.90 Å². The number of halogens is 1. The first-order chi connectivity index (χ1) is 18.1. The number of nitrogens with zero attached hydrogens (tertiary/aromatic N) is 6. The fourth-order valence-electron chi connectivity index (χ4n) is 4.98. The molecule has 2 saturated heterocycles. The molecule has 9 nitrogen and oxygen atoms in total. The van der Waals surface area contributed by atoms with E-state index in [4.69, 9.17) is 9.84 Å². The van der Waals surface area contributed by atoms with E-state index in [1.807, 2.05) is 39.0 Å². The van der Waals surface area contributed by atoms with Crippen LogP contribution in [-0.4, -0.2) is 62.9 Å². The molecule has 11 heteroatoms. The summed E-state index contributed by atoms with van der Waals surface area (Å²) in [5.41, 5.74) is 1.07. The van der Waals surface area contributed by atoms with Gasteiger partial charge in [0, 0.05) is 36.7 Å². The quantitative estimate of drug-likeness (QED) is 0.373. The van der Waals surface area contributed by atoms with Gasteiger partial charge in [0.25, 0.3) is 5.91 Å². The van der Waals surface area contributed by atoms with Crippen molar-refractivity contribution in [3.8, 4) is 0 Å². The molecule has 38 heavy (non-hydrogen) atoms. The average Bonchev–Trinajstić information content (AvgIpc) is 3.60. The van der Waals surface area contributed by atoms with Crippen LogP contribution in [0, 0.1) is 11.7 Å². The number of carbonyl (C=O) groups is 2. The Balaban J connectivity index is 1.31. The number of imidazole rings is 1. The number of aliphatic imine (C=N–C) groups is 1. The summed E-state index contributed by atoms with van der Waals surface area (Å²) in [6, 6.07) is 8.43. The minimum Gasteiger partial charge on any atom is -0.444 e. The second-order valence-electron chi connectivity index (χ2n) is 10.8. The molecular weight excluding hydrogens is 507 g/mol. The summed E-state index contributed by atoms with van der Waals surface area (Å²) >= 11 is 4.33. The van der Waals surface area contributed by atoms with Crippen molar-refractivity contribution in [3.05, 3.63) is 53.6 Å². The summed E-state index contributed by atoms with van der Waals surface area (Å²) in [6.07, 6.45) is 5.21. The molecule has 2 aliphatic heterocycles. The van der Waals surface area contributed by atoms with Gasteiger partial charge in [-0.2, -0.15) is 0 Å². The van der Waals surface area contributed by atoms with E-state index in [1.165, 1.54) is 22.8 Å². The van der Waals surface area contributed by atoms with E-state index < -0.39 is 11.5 Å². The van der Waals surface area contributed by atoms with Gasteiger partial charge in [0.1, 0.15) is 17.2 Å². The van der Waals surface area contributed by atoms with Crippen LogP contribution in [0.5, 0.6) is 0 Å². The Labute approximate surface area is 226 Å². The summed E-state index contributed by atoms with van der Waals surface area (Å²) in [6.45, 7) is 7.25. The van der Waals surface area contributed by atoms with E-state index in [0.29, 0.717) is 35.9 Å². The molecule has 0 aliphatic carbocycles. The highest BCUT2D eigenvalue weighted by Crippen LogP contribution is 2.36. The fourth-order valence-corrected chi connectivity index (χ4v) is 5.25. The van der Waals surface area contributed by atoms with E-state index >= 15 is 0 Å². The van der Waals surface area contributed by atoms with Gasteiger partial charge in [-0.3, -0.25) is 4.79 Å². The van der Waals surface area contributed by atoms with Crippen molar-refractivity contribution in [2.24, 2.45) is 10.9 Å². The molecule has 4 heterocycles. The smallest absolute Gasteiger partial charge is 0.410 e. The maximum absolute atomic E-state index is 14.1. The maximum Gasteiger partial charge on any atom is 0.410 e. The van der Waals surface area contributed by atoms with Crippen molar-refractivity contribution >= 4 is 42.3 Å². The molecule has 5 rings (SSSR count). The van der Waals surface area contributed by atoms with Gasteiger partial charge >= 0.3 is 6.09 Å². The van der Waals surface area contributed by atoms with Gasteiger partial charge < -0.3 is 14.5 Å². The van der Waals surface area contributed by atoms with E-state index in [9.17, 15) is 14.0 Å². The SMILES string of the molecule is CC(C)(C)OC(=O)N1CCC(/C=N/C(=O)c2cnc3ccc(N4CCC[C@@H]4c4cc(F)cc(S)c4)nn23)C1. The molecule has 0 radical (unpaired) electrons. The van der Waals surface area contributed by atoms with Crippen LogP contribution >= 0.6 is 12.6 Å². The number of rotatable bonds is 4. The minimum absolute atomic E-state index is 0.0393. The number of ether oxygens (including phenoxy) is 1. The van der Waals surface area contributed by atoms with Crippen molar-refractivity contribution in [2.75, 3.05) is 24.5 Å². The van der Waals surface area contributed by atoms with Gasteiger partial charge in [0.15, 0.2) is 11.3 Å². The third-order valence-electron chi connectivity index (χ3n) is 6.68. The zero-order chi connectivity index (χ0) is 27.0. The number of thiol groups is 1. The first-order valence-electron chi connectivity index (χ1n) is 12.7. The highest BCUT2D eigenvalue weighted by molar-refractivity contribution is 7.80. The van der Waals surface area contributed by atoms with Gasteiger partial charge in [0.05, 0.1) is 12.2 Å². The van der Waals surface area contributed by atoms with Gasteiger partial charge in [0.2, 0.25) is 0 Å². The maximum atomic E-state index is 14.1. The molecule has 0 spiro atoms. The number of aromatic nitrogens is 3. The van der Waals surface area contributed by atoms with Crippen molar-refractivity contribution in [2.45, 2.75) is 56.6 Å². The van der Waals surface area contributed by atoms with Gasteiger partial charge in [-0.25, -0.2) is 23.7 Å². The number of fused-ring (bicyclic) bond motifs is 1. The predicted molar refractivity (Wildman–Crippen MR) is 145 cm³/mol. The zero-order valence-corrected chi connectivity index (χ0v) is 22.6. The van der Waals surface area contributed by atoms with Crippen LogP contribution in [0.25, 0.3) is 5.65 Å². The standard InChI is InChI=1S/C27H31FN6O3S/c1-27(2,3)37-26(36)32-10-8-17(16-32)14-30-25(35)22-15-29-23-6-7-24(31-34(22)23)33-9-4-5-21(33)18-11-19(28)13-20(38)12-18/h6-7,11-15,17,21,38H,4-5,8-10,16H2,1-3H3/b30-14+/t17?,21-/m1/s1. The highest BCUT2D eigenvalue weighted by atomic mass is 32.1.